The predicted octanol–water partition coefficient (Wildman–Crippen LogP) is 3.95. The number of amides is 1. The molecule has 0 aliphatic carbocycles. The van der Waals surface area contributed by atoms with Crippen molar-refractivity contribution >= 4 is 17.3 Å². The Kier molecular flexibility index (Phi) is 7.03. The second-order valence-electron chi connectivity index (χ2n) is 8.72. The molecular weight excluding hydrogens is 372 g/mol. The van der Waals surface area contributed by atoms with Gasteiger partial charge in [0.2, 0.25) is 5.91 Å². The van der Waals surface area contributed by atoms with Crippen LogP contribution in [-0.4, -0.2) is 55.5 Å². The number of carbonyl (C=O) groups is 1. The SMILES string of the molecule is CN(CC(=O)Nc1ccc(CN2CCCC2)cc1)Cc1ccccc1N1CCCC1. The van der Waals surface area contributed by atoms with Crippen molar-refractivity contribution in [2.75, 3.05) is 50.0 Å². The summed E-state index contributed by atoms with van der Waals surface area (Å²) in [6.07, 6.45) is 5.15. The van der Waals surface area contributed by atoms with E-state index in [1.165, 1.54) is 55.6 Å². The summed E-state index contributed by atoms with van der Waals surface area (Å²) in [6.45, 7) is 6.83. The van der Waals surface area contributed by atoms with Crippen LogP contribution < -0.4 is 10.2 Å². The van der Waals surface area contributed by atoms with Gasteiger partial charge in [-0.25, -0.2) is 0 Å². The van der Waals surface area contributed by atoms with E-state index in [-0.39, 0.29) is 5.91 Å². The standard InChI is InChI=1S/C25H34N4O/c1-27(19-22-8-2-3-9-24(22)29-16-6-7-17-29)20-25(30)26-23-12-10-21(11-13-23)18-28-14-4-5-15-28/h2-3,8-13H,4-7,14-20H2,1H3,(H,26,30). The van der Waals surface area contributed by atoms with Crippen molar-refractivity contribution in [1.82, 2.24) is 9.80 Å². The lowest BCUT2D eigenvalue weighted by Crippen LogP contribution is -2.30. The highest BCUT2D eigenvalue weighted by Gasteiger charge is 2.17. The fourth-order valence-corrected chi connectivity index (χ4v) is 4.60. The van der Waals surface area contributed by atoms with E-state index in [4.69, 9.17) is 0 Å². The molecule has 1 amide bonds. The van der Waals surface area contributed by atoms with Crippen molar-refractivity contribution in [3.63, 3.8) is 0 Å². The Balaban J connectivity index is 1.28. The summed E-state index contributed by atoms with van der Waals surface area (Å²) in [5.41, 5.74) is 4.79. The summed E-state index contributed by atoms with van der Waals surface area (Å²) >= 11 is 0. The van der Waals surface area contributed by atoms with Gasteiger partial charge in [0, 0.05) is 37.6 Å². The number of hydrogen-bond donors (Lipinski definition) is 1. The van der Waals surface area contributed by atoms with E-state index >= 15 is 0 Å². The van der Waals surface area contributed by atoms with Crippen molar-refractivity contribution < 1.29 is 4.79 Å². The maximum absolute atomic E-state index is 12.5. The van der Waals surface area contributed by atoms with Crippen LogP contribution in [0.2, 0.25) is 0 Å². The van der Waals surface area contributed by atoms with Crippen molar-refractivity contribution in [3.8, 4) is 0 Å². The number of para-hydroxylation sites is 1. The molecular formula is C25H34N4O. The van der Waals surface area contributed by atoms with E-state index in [1.807, 2.05) is 19.2 Å². The van der Waals surface area contributed by atoms with Crippen molar-refractivity contribution in [2.45, 2.75) is 38.8 Å². The average molecular weight is 407 g/mol. The molecule has 0 radical (unpaired) electrons. The zero-order valence-corrected chi connectivity index (χ0v) is 18.1. The molecule has 4 rings (SSSR count). The number of rotatable bonds is 8. The highest BCUT2D eigenvalue weighted by molar-refractivity contribution is 5.92. The van der Waals surface area contributed by atoms with Gasteiger partial charge in [-0.3, -0.25) is 14.6 Å². The van der Waals surface area contributed by atoms with Crippen LogP contribution in [0.5, 0.6) is 0 Å². The fourth-order valence-electron chi connectivity index (χ4n) is 4.60. The molecule has 5 nitrogen and oxygen atoms in total. The summed E-state index contributed by atoms with van der Waals surface area (Å²) in [7, 11) is 2.01. The first-order chi connectivity index (χ1) is 14.7. The Morgan fingerprint density at radius 1 is 0.933 bits per heavy atom. The molecule has 0 aromatic heterocycles. The average Bonchev–Trinajstić information content (AvgIpc) is 3.44. The van der Waals surface area contributed by atoms with Crippen LogP contribution in [-0.2, 0) is 17.9 Å². The highest BCUT2D eigenvalue weighted by atomic mass is 16.2. The zero-order chi connectivity index (χ0) is 20.8. The molecule has 1 N–H and O–H groups in total. The third kappa shape index (κ3) is 5.61. The maximum Gasteiger partial charge on any atom is 0.238 e. The molecule has 5 heteroatoms. The third-order valence-corrected chi connectivity index (χ3v) is 6.13. The molecule has 0 bridgehead atoms. The Hall–Kier alpha value is -2.37. The molecule has 0 spiro atoms. The molecule has 2 aromatic rings. The van der Waals surface area contributed by atoms with E-state index in [2.05, 4.69) is 56.4 Å². The van der Waals surface area contributed by atoms with Gasteiger partial charge in [-0.1, -0.05) is 30.3 Å². The zero-order valence-electron chi connectivity index (χ0n) is 18.1. The topological polar surface area (TPSA) is 38.8 Å². The van der Waals surface area contributed by atoms with Gasteiger partial charge in [0.25, 0.3) is 0 Å². The number of benzene rings is 2. The van der Waals surface area contributed by atoms with E-state index < -0.39 is 0 Å². The summed E-state index contributed by atoms with van der Waals surface area (Å²) < 4.78 is 0. The van der Waals surface area contributed by atoms with Crippen LogP contribution in [0.1, 0.15) is 36.8 Å². The smallest absolute Gasteiger partial charge is 0.238 e. The first-order valence-corrected chi connectivity index (χ1v) is 11.3. The van der Waals surface area contributed by atoms with Gasteiger partial charge in [-0.2, -0.15) is 0 Å². The van der Waals surface area contributed by atoms with Gasteiger partial charge in [0.1, 0.15) is 0 Å². The first kappa shape index (κ1) is 20.9. The number of hydrogen-bond acceptors (Lipinski definition) is 4. The van der Waals surface area contributed by atoms with E-state index in [0.717, 1.165) is 31.9 Å². The second kappa shape index (κ2) is 10.1. The normalized spacial score (nSPS) is 17.1. The summed E-state index contributed by atoms with van der Waals surface area (Å²) in [4.78, 5) is 19.6. The number of anilines is 2. The van der Waals surface area contributed by atoms with E-state index in [1.54, 1.807) is 0 Å². The summed E-state index contributed by atoms with van der Waals surface area (Å²) in [5.74, 6) is 0.0310. The van der Waals surface area contributed by atoms with Gasteiger partial charge >= 0.3 is 0 Å². The fraction of sp³-hybridized carbons (Fsp3) is 0.480. The Morgan fingerprint density at radius 2 is 1.60 bits per heavy atom. The summed E-state index contributed by atoms with van der Waals surface area (Å²) in [5, 5.41) is 3.04. The largest absolute Gasteiger partial charge is 0.371 e. The lowest BCUT2D eigenvalue weighted by Gasteiger charge is -2.24. The third-order valence-electron chi connectivity index (χ3n) is 6.13. The van der Waals surface area contributed by atoms with Crippen molar-refractivity contribution in [3.05, 3.63) is 59.7 Å². The predicted molar refractivity (Wildman–Crippen MR) is 124 cm³/mol. The van der Waals surface area contributed by atoms with Crippen LogP contribution in [0, 0.1) is 0 Å². The molecule has 2 aliphatic heterocycles. The molecule has 160 valence electrons. The molecule has 2 aliphatic rings. The molecule has 0 atom stereocenters. The number of carbonyl (C=O) groups excluding carboxylic acids is 1. The van der Waals surface area contributed by atoms with Gasteiger partial charge < -0.3 is 10.2 Å². The van der Waals surface area contributed by atoms with Gasteiger partial charge in [0.05, 0.1) is 6.54 Å². The van der Waals surface area contributed by atoms with Crippen LogP contribution in [0.4, 0.5) is 11.4 Å². The Labute approximate surface area is 180 Å². The number of likely N-dealkylation sites (tertiary alicyclic amines) is 1. The van der Waals surface area contributed by atoms with E-state index in [0.29, 0.717) is 6.54 Å². The van der Waals surface area contributed by atoms with Crippen LogP contribution in [0.3, 0.4) is 0 Å². The maximum atomic E-state index is 12.5. The molecule has 2 fully saturated rings. The van der Waals surface area contributed by atoms with Crippen LogP contribution in [0.15, 0.2) is 48.5 Å². The first-order valence-electron chi connectivity index (χ1n) is 11.3. The van der Waals surface area contributed by atoms with Crippen LogP contribution in [0.25, 0.3) is 0 Å². The quantitative estimate of drug-likeness (QED) is 0.720. The molecule has 2 aromatic carbocycles. The number of likely N-dealkylation sites (N-methyl/N-ethyl adjacent to an activating group) is 1. The number of nitrogens with one attached hydrogen (secondary N) is 1. The molecule has 30 heavy (non-hydrogen) atoms. The second-order valence-corrected chi connectivity index (χ2v) is 8.72. The molecule has 2 heterocycles. The minimum Gasteiger partial charge on any atom is -0.371 e. The monoisotopic (exact) mass is 406 g/mol. The highest BCUT2D eigenvalue weighted by Crippen LogP contribution is 2.25. The van der Waals surface area contributed by atoms with Gasteiger partial charge in [-0.15, -0.1) is 0 Å². The minimum absolute atomic E-state index is 0.0310. The molecule has 0 unspecified atom stereocenters. The lowest BCUT2D eigenvalue weighted by molar-refractivity contribution is -0.117. The van der Waals surface area contributed by atoms with Gasteiger partial charge in [0.15, 0.2) is 0 Å². The summed E-state index contributed by atoms with van der Waals surface area (Å²) in [6, 6.07) is 16.9. The van der Waals surface area contributed by atoms with Crippen molar-refractivity contribution in [2.24, 2.45) is 0 Å². The molecule has 0 saturated carbocycles. The minimum atomic E-state index is 0.0310. The van der Waals surface area contributed by atoms with Gasteiger partial charge in [-0.05, 0) is 75.1 Å². The Bertz CT molecular complexity index is 823. The molecule has 2 saturated heterocycles. The number of nitrogens with zero attached hydrogens (tertiary/aromatic N) is 3. The van der Waals surface area contributed by atoms with E-state index in [9.17, 15) is 4.79 Å². The van der Waals surface area contributed by atoms with Crippen molar-refractivity contribution in [1.29, 1.82) is 0 Å². The van der Waals surface area contributed by atoms with Crippen LogP contribution >= 0.6 is 0 Å². The Morgan fingerprint density at radius 3 is 2.33 bits per heavy atom. The lowest BCUT2D eigenvalue weighted by atomic mass is 10.1.